The SMILES string of the molecule is CC(C)(O)CN1CCC(c2nc(-c3ccc4c(c3)OCO4)c(-c3ccccn3)[nH]2)CC1. The van der Waals surface area contributed by atoms with Crippen LogP contribution in [0.3, 0.4) is 0 Å². The minimum absolute atomic E-state index is 0.251. The number of pyridine rings is 1. The first-order valence-corrected chi connectivity index (χ1v) is 10.8. The van der Waals surface area contributed by atoms with Crippen LogP contribution in [-0.4, -0.2) is 57.0 Å². The van der Waals surface area contributed by atoms with E-state index in [0.29, 0.717) is 12.5 Å². The van der Waals surface area contributed by atoms with E-state index in [9.17, 15) is 5.11 Å². The van der Waals surface area contributed by atoms with Crippen molar-refractivity contribution in [2.75, 3.05) is 26.4 Å². The molecule has 1 fully saturated rings. The number of hydrogen-bond donors (Lipinski definition) is 2. The standard InChI is InChI=1S/C24H28N4O3/c1-24(2,29)14-28-11-8-16(9-12-28)23-26-21(22(27-23)18-5-3-4-10-25-18)17-6-7-19-20(13-17)31-15-30-19/h3-7,10,13,16,29H,8-9,11-12,14-15H2,1-2H3,(H,26,27). The first-order chi connectivity index (χ1) is 15.0. The van der Waals surface area contributed by atoms with Crippen LogP contribution in [0.25, 0.3) is 22.6 Å². The number of aromatic nitrogens is 3. The monoisotopic (exact) mass is 420 g/mol. The number of ether oxygens (including phenoxy) is 2. The highest BCUT2D eigenvalue weighted by Gasteiger charge is 2.28. The Labute approximate surface area is 182 Å². The minimum Gasteiger partial charge on any atom is -0.454 e. The molecule has 0 bridgehead atoms. The Morgan fingerprint density at radius 1 is 1.13 bits per heavy atom. The fraction of sp³-hybridized carbons (Fsp3) is 0.417. The smallest absolute Gasteiger partial charge is 0.231 e. The zero-order valence-corrected chi connectivity index (χ0v) is 18.0. The van der Waals surface area contributed by atoms with Gasteiger partial charge in [-0.3, -0.25) is 4.98 Å². The Balaban J connectivity index is 1.45. The van der Waals surface area contributed by atoms with Gasteiger partial charge in [0.25, 0.3) is 0 Å². The lowest BCUT2D eigenvalue weighted by Gasteiger charge is -2.34. The number of fused-ring (bicyclic) bond motifs is 1. The molecular weight excluding hydrogens is 392 g/mol. The van der Waals surface area contributed by atoms with E-state index < -0.39 is 5.60 Å². The average molecular weight is 421 g/mol. The van der Waals surface area contributed by atoms with Crippen molar-refractivity contribution >= 4 is 0 Å². The molecule has 7 heteroatoms. The normalized spacial score (nSPS) is 17.3. The molecule has 1 saturated heterocycles. The number of nitrogens with zero attached hydrogens (tertiary/aromatic N) is 3. The van der Waals surface area contributed by atoms with Gasteiger partial charge in [0.05, 0.1) is 22.7 Å². The van der Waals surface area contributed by atoms with Crippen LogP contribution in [0.1, 0.15) is 38.4 Å². The second-order valence-corrected chi connectivity index (χ2v) is 8.99. The van der Waals surface area contributed by atoms with E-state index in [4.69, 9.17) is 14.5 Å². The molecule has 31 heavy (non-hydrogen) atoms. The van der Waals surface area contributed by atoms with E-state index in [1.807, 2.05) is 50.2 Å². The van der Waals surface area contributed by atoms with Gasteiger partial charge in [-0.2, -0.15) is 0 Å². The maximum atomic E-state index is 10.1. The van der Waals surface area contributed by atoms with Gasteiger partial charge in [-0.05, 0) is 70.1 Å². The highest BCUT2D eigenvalue weighted by atomic mass is 16.7. The van der Waals surface area contributed by atoms with E-state index in [1.165, 1.54) is 0 Å². The second kappa shape index (κ2) is 7.98. The summed E-state index contributed by atoms with van der Waals surface area (Å²) in [6.45, 7) is 6.58. The van der Waals surface area contributed by atoms with Crippen LogP contribution in [0.15, 0.2) is 42.6 Å². The summed E-state index contributed by atoms with van der Waals surface area (Å²) in [7, 11) is 0. The van der Waals surface area contributed by atoms with Crippen LogP contribution < -0.4 is 9.47 Å². The highest BCUT2D eigenvalue weighted by Crippen LogP contribution is 2.39. The van der Waals surface area contributed by atoms with Crippen LogP contribution in [0.4, 0.5) is 0 Å². The van der Waals surface area contributed by atoms with Crippen LogP contribution in [0, 0.1) is 0 Å². The molecule has 2 aliphatic heterocycles. The molecule has 0 aliphatic carbocycles. The molecule has 162 valence electrons. The molecule has 2 aromatic heterocycles. The number of likely N-dealkylation sites (tertiary alicyclic amines) is 1. The Morgan fingerprint density at radius 2 is 1.94 bits per heavy atom. The van der Waals surface area contributed by atoms with Crippen LogP contribution in [-0.2, 0) is 0 Å². The summed E-state index contributed by atoms with van der Waals surface area (Å²) >= 11 is 0. The lowest BCUT2D eigenvalue weighted by Crippen LogP contribution is -2.42. The largest absolute Gasteiger partial charge is 0.454 e. The Bertz CT molecular complexity index is 1050. The van der Waals surface area contributed by atoms with Crippen molar-refractivity contribution < 1.29 is 14.6 Å². The van der Waals surface area contributed by atoms with Crippen molar-refractivity contribution in [3.63, 3.8) is 0 Å². The van der Waals surface area contributed by atoms with Gasteiger partial charge in [0.2, 0.25) is 6.79 Å². The third kappa shape index (κ3) is 4.29. The average Bonchev–Trinajstić information content (AvgIpc) is 3.40. The molecule has 0 saturated carbocycles. The van der Waals surface area contributed by atoms with Crippen LogP contribution >= 0.6 is 0 Å². The number of nitrogens with one attached hydrogen (secondary N) is 1. The third-order valence-electron chi connectivity index (χ3n) is 5.87. The molecule has 3 aromatic rings. The van der Waals surface area contributed by atoms with E-state index in [1.54, 1.807) is 6.20 Å². The van der Waals surface area contributed by atoms with Crippen molar-refractivity contribution in [3.05, 3.63) is 48.4 Å². The molecule has 7 nitrogen and oxygen atoms in total. The molecule has 0 atom stereocenters. The Kier molecular flexibility index (Phi) is 5.16. The number of aliphatic hydroxyl groups is 1. The molecule has 0 radical (unpaired) electrons. The molecule has 0 unspecified atom stereocenters. The minimum atomic E-state index is -0.670. The van der Waals surface area contributed by atoms with Gasteiger partial charge >= 0.3 is 0 Å². The quantitative estimate of drug-likeness (QED) is 0.653. The van der Waals surface area contributed by atoms with Crippen molar-refractivity contribution in [1.29, 1.82) is 0 Å². The maximum absolute atomic E-state index is 10.1. The number of rotatable bonds is 5. The van der Waals surface area contributed by atoms with Crippen LogP contribution in [0.5, 0.6) is 11.5 Å². The Morgan fingerprint density at radius 3 is 2.68 bits per heavy atom. The summed E-state index contributed by atoms with van der Waals surface area (Å²) in [5.74, 6) is 2.85. The first-order valence-electron chi connectivity index (χ1n) is 10.8. The molecule has 0 spiro atoms. The van der Waals surface area contributed by atoms with E-state index in [0.717, 1.165) is 65.9 Å². The summed E-state index contributed by atoms with van der Waals surface area (Å²) in [6, 6.07) is 11.8. The van der Waals surface area contributed by atoms with E-state index in [2.05, 4.69) is 14.9 Å². The van der Waals surface area contributed by atoms with Gasteiger partial charge < -0.3 is 24.5 Å². The molecule has 2 aliphatic rings. The number of β-amino-alcohol motifs (C(OH)–C–C–N with tert-alkyl or cyclic N) is 1. The van der Waals surface area contributed by atoms with Gasteiger partial charge in [0.1, 0.15) is 5.82 Å². The van der Waals surface area contributed by atoms with Gasteiger partial charge in [-0.1, -0.05) is 6.07 Å². The maximum Gasteiger partial charge on any atom is 0.231 e. The zero-order chi connectivity index (χ0) is 21.4. The molecule has 2 N–H and O–H groups in total. The zero-order valence-electron chi connectivity index (χ0n) is 18.0. The molecule has 0 amide bonds. The molecule has 5 rings (SSSR count). The van der Waals surface area contributed by atoms with Crippen LogP contribution in [0.2, 0.25) is 0 Å². The molecular formula is C24H28N4O3. The summed E-state index contributed by atoms with van der Waals surface area (Å²) in [6.07, 6.45) is 3.81. The molecule has 1 aromatic carbocycles. The van der Waals surface area contributed by atoms with Crippen molar-refractivity contribution in [2.24, 2.45) is 0 Å². The van der Waals surface area contributed by atoms with Gasteiger partial charge in [-0.25, -0.2) is 4.98 Å². The second-order valence-electron chi connectivity index (χ2n) is 8.99. The summed E-state index contributed by atoms with van der Waals surface area (Å²) in [5.41, 5.74) is 2.98. The Hall–Kier alpha value is -2.90. The fourth-order valence-corrected chi connectivity index (χ4v) is 4.45. The lowest BCUT2D eigenvalue weighted by molar-refractivity contribution is 0.0279. The summed E-state index contributed by atoms with van der Waals surface area (Å²) in [5, 5.41) is 10.1. The lowest BCUT2D eigenvalue weighted by atomic mass is 9.95. The van der Waals surface area contributed by atoms with Crippen molar-refractivity contribution in [3.8, 4) is 34.1 Å². The van der Waals surface area contributed by atoms with Gasteiger partial charge in [-0.15, -0.1) is 0 Å². The summed E-state index contributed by atoms with van der Waals surface area (Å²) in [4.78, 5) is 15.5. The topological polar surface area (TPSA) is 83.5 Å². The number of piperidine rings is 1. The number of hydrogen-bond acceptors (Lipinski definition) is 6. The van der Waals surface area contributed by atoms with Gasteiger partial charge in [0, 0.05) is 24.2 Å². The number of H-pyrrole nitrogens is 1. The first kappa shape index (κ1) is 20.0. The highest BCUT2D eigenvalue weighted by molar-refractivity contribution is 5.78. The summed E-state index contributed by atoms with van der Waals surface area (Å²) < 4.78 is 11.0. The van der Waals surface area contributed by atoms with E-state index >= 15 is 0 Å². The molecule has 4 heterocycles. The van der Waals surface area contributed by atoms with Gasteiger partial charge in [0.15, 0.2) is 11.5 Å². The number of benzene rings is 1. The van der Waals surface area contributed by atoms with Crippen molar-refractivity contribution in [1.82, 2.24) is 19.9 Å². The fourth-order valence-electron chi connectivity index (χ4n) is 4.45. The predicted molar refractivity (Wildman–Crippen MR) is 118 cm³/mol. The number of aromatic amines is 1. The van der Waals surface area contributed by atoms with E-state index in [-0.39, 0.29) is 6.79 Å². The third-order valence-corrected chi connectivity index (χ3v) is 5.87. The van der Waals surface area contributed by atoms with Crippen molar-refractivity contribution in [2.45, 2.75) is 38.2 Å². The predicted octanol–water partition coefficient (Wildman–Crippen LogP) is 3.82. The number of imidazole rings is 1.